The van der Waals surface area contributed by atoms with Crippen LogP contribution in [0.3, 0.4) is 0 Å². The molecule has 0 radical (unpaired) electrons. The predicted octanol–water partition coefficient (Wildman–Crippen LogP) is 4.73. The molecular formula is C34H37N3O5S. The standard InChI is InChI=1S/C34H37N3O5S/c1-26-12-10-11-17-29(26)23-36(32(34(39)35-2)22-27-13-6-4-7-14-27)33(38)24-37(43(3,40)41)30-18-20-31(21-19-30)42-25-28-15-8-5-9-16-28/h4-21,32H,22-25H2,1-3H3,(H,35,39)/t32-/m1/s1. The minimum atomic E-state index is -3.86. The molecule has 43 heavy (non-hydrogen) atoms. The fourth-order valence-corrected chi connectivity index (χ4v) is 5.60. The number of rotatable bonds is 13. The molecule has 9 heteroatoms. The van der Waals surface area contributed by atoms with Gasteiger partial charge in [0.2, 0.25) is 21.8 Å². The van der Waals surface area contributed by atoms with E-state index in [4.69, 9.17) is 4.74 Å². The van der Waals surface area contributed by atoms with Gasteiger partial charge in [-0.25, -0.2) is 8.42 Å². The van der Waals surface area contributed by atoms with Gasteiger partial charge in [0.25, 0.3) is 0 Å². The number of hydrogen-bond donors (Lipinski definition) is 1. The zero-order valence-electron chi connectivity index (χ0n) is 24.6. The lowest BCUT2D eigenvalue weighted by Crippen LogP contribution is -2.53. The number of nitrogens with zero attached hydrogens (tertiary/aromatic N) is 2. The van der Waals surface area contributed by atoms with E-state index in [0.717, 1.165) is 32.8 Å². The Morgan fingerprint density at radius 2 is 1.40 bits per heavy atom. The van der Waals surface area contributed by atoms with Crippen LogP contribution in [0.1, 0.15) is 22.3 Å². The van der Waals surface area contributed by atoms with Crippen LogP contribution < -0.4 is 14.4 Å². The van der Waals surface area contributed by atoms with Crippen molar-refractivity contribution in [2.24, 2.45) is 0 Å². The maximum atomic E-state index is 14.1. The van der Waals surface area contributed by atoms with Gasteiger partial charge in [-0.3, -0.25) is 13.9 Å². The molecule has 0 aromatic heterocycles. The first kappa shape index (κ1) is 31.3. The summed E-state index contributed by atoms with van der Waals surface area (Å²) in [6.07, 6.45) is 1.33. The van der Waals surface area contributed by atoms with Crippen LogP contribution in [0, 0.1) is 6.92 Å². The summed E-state index contributed by atoms with van der Waals surface area (Å²) in [5.41, 5.74) is 4.03. The first-order chi connectivity index (χ1) is 20.7. The number of benzene rings is 4. The van der Waals surface area contributed by atoms with Crippen LogP contribution in [0.5, 0.6) is 5.75 Å². The molecule has 0 fully saturated rings. The molecule has 0 aliphatic heterocycles. The number of carbonyl (C=O) groups excluding carboxylic acids is 2. The number of sulfonamides is 1. The van der Waals surface area contributed by atoms with Crippen LogP contribution in [0.25, 0.3) is 0 Å². The van der Waals surface area contributed by atoms with Gasteiger partial charge in [-0.15, -0.1) is 0 Å². The number of aryl methyl sites for hydroxylation is 1. The number of amides is 2. The fourth-order valence-electron chi connectivity index (χ4n) is 4.75. The molecule has 4 rings (SSSR count). The predicted molar refractivity (Wildman–Crippen MR) is 169 cm³/mol. The Morgan fingerprint density at radius 3 is 1.98 bits per heavy atom. The zero-order valence-corrected chi connectivity index (χ0v) is 25.5. The van der Waals surface area contributed by atoms with Gasteiger partial charge in [0, 0.05) is 20.0 Å². The van der Waals surface area contributed by atoms with E-state index in [-0.39, 0.29) is 18.9 Å². The van der Waals surface area contributed by atoms with Crippen molar-refractivity contribution in [3.8, 4) is 5.75 Å². The van der Waals surface area contributed by atoms with Crippen molar-refractivity contribution in [2.75, 3.05) is 24.2 Å². The van der Waals surface area contributed by atoms with Crippen LogP contribution in [-0.2, 0) is 39.2 Å². The van der Waals surface area contributed by atoms with Crippen molar-refractivity contribution in [3.05, 3.63) is 131 Å². The largest absolute Gasteiger partial charge is 0.489 e. The maximum Gasteiger partial charge on any atom is 0.244 e. The molecule has 1 N–H and O–H groups in total. The smallest absolute Gasteiger partial charge is 0.244 e. The van der Waals surface area contributed by atoms with Crippen molar-refractivity contribution >= 4 is 27.5 Å². The van der Waals surface area contributed by atoms with Gasteiger partial charge in [-0.2, -0.15) is 0 Å². The number of likely N-dealkylation sites (N-methyl/N-ethyl adjacent to an activating group) is 1. The Bertz CT molecular complexity index is 1610. The summed E-state index contributed by atoms with van der Waals surface area (Å²) in [6, 6.07) is 32.5. The molecule has 8 nitrogen and oxygen atoms in total. The third-order valence-corrected chi connectivity index (χ3v) is 8.31. The number of hydrogen-bond acceptors (Lipinski definition) is 5. The topological polar surface area (TPSA) is 96.0 Å². The molecule has 0 saturated carbocycles. The molecule has 0 saturated heterocycles. The first-order valence-corrected chi connectivity index (χ1v) is 15.8. The highest BCUT2D eigenvalue weighted by atomic mass is 32.2. The van der Waals surface area contributed by atoms with E-state index in [2.05, 4.69) is 5.32 Å². The molecule has 0 unspecified atom stereocenters. The van der Waals surface area contributed by atoms with Gasteiger partial charge in [0.05, 0.1) is 11.9 Å². The minimum absolute atomic E-state index is 0.139. The zero-order chi connectivity index (χ0) is 30.8. The molecule has 0 bridgehead atoms. The van der Waals surface area contributed by atoms with E-state index in [0.29, 0.717) is 18.0 Å². The highest BCUT2D eigenvalue weighted by Crippen LogP contribution is 2.24. The summed E-state index contributed by atoms with van der Waals surface area (Å²) in [6.45, 7) is 1.97. The molecule has 0 aliphatic carbocycles. The quantitative estimate of drug-likeness (QED) is 0.240. The summed E-state index contributed by atoms with van der Waals surface area (Å²) in [5, 5.41) is 2.69. The monoisotopic (exact) mass is 599 g/mol. The third kappa shape index (κ3) is 8.68. The van der Waals surface area contributed by atoms with Crippen LogP contribution >= 0.6 is 0 Å². The van der Waals surface area contributed by atoms with Crippen molar-refractivity contribution < 1.29 is 22.7 Å². The van der Waals surface area contributed by atoms with Gasteiger partial charge in [0.1, 0.15) is 24.9 Å². The molecule has 0 spiro atoms. The second-order valence-electron chi connectivity index (χ2n) is 10.3. The normalized spacial score (nSPS) is 11.8. The van der Waals surface area contributed by atoms with Gasteiger partial charge in [-0.1, -0.05) is 84.9 Å². The lowest BCUT2D eigenvalue weighted by molar-refractivity contribution is -0.139. The van der Waals surface area contributed by atoms with Crippen LogP contribution in [0.4, 0.5) is 5.69 Å². The number of ether oxygens (including phenoxy) is 1. The lowest BCUT2D eigenvalue weighted by atomic mass is 10.0. The second-order valence-corrected chi connectivity index (χ2v) is 12.2. The SMILES string of the molecule is CNC(=O)[C@@H](Cc1ccccc1)N(Cc1ccccc1C)C(=O)CN(c1ccc(OCc2ccccc2)cc1)S(C)(=O)=O. The van der Waals surface area contributed by atoms with E-state index >= 15 is 0 Å². The number of anilines is 1. The summed E-state index contributed by atoms with van der Waals surface area (Å²) < 4.78 is 32.9. The Kier molecular flexibility index (Phi) is 10.6. The van der Waals surface area contributed by atoms with Crippen LogP contribution in [0.15, 0.2) is 109 Å². The van der Waals surface area contributed by atoms with E-state index < -0.39 is 28.5 Å². The highest BCUT2D eigenvalue weighted by Gasteiger charge is 2.32. The Balaban J connectivity index is 1.62. The van der Waals surface area contributed by atoms with E-state index in [1.54, 1.807) is 24.3 Å². The minimum Gasteiger partial charge on any atom is -0.489 e. The molecule has 0 heterocycles. The van der Waals surface area contributed by atoms with Crippen LogP contribution in [-0.4, -0.2) is 51.0 Å². The maximum absolute atomic E-state index is 14.1. The van der Waals surface area contributed by atoms with E-state index in [1.165, 1.54) is 11.9 Å². The van der Waals surface area contributed by atoms with Gasteiger partial charge < -0.3 is 15.0 Å². The average Bonchev–Trinajstić information content (AvgIpc) is 3.01. The van der Waals surface area contributed by atoms with E-state index in [9.17, 15) is 18.0 Å². The van der Waals surface area contributed by atoms with Gasteiger partial charge in [-0.05, 0) is 53.4 Å². The molecule has 4 aromatic rings. The van der Waals surface area contributed by atoms with Crippen molar-refractivity contribution in [2.45, 2.75) is 32.5 Å². The molecular weight excluding hydrogens is 562 g/mol. The van der Waals surface area contributed by atoms with Crippen LogP contribution in [0.2, 0.25) is 0 Å². The summed E-state index contributed by atoms with van der Waals surface area (Å²) in [7, 11) is -2.33. The first-order valence-electron chi connectivity index (χ1n) is 14.0. The summed E-state index contributed by atoms with van der Waals surface area (Å²) in [5.74, 6) is -0.268. The second kappa shape index (κ2) is 14.5. The molecule has 4 aromatic carbocycles. The number of nitrogens with one attached hydrogen (secondary N) is 1. The third-order valence-electron chi connectivity index (χ3n) is 7.17. The Morgan fingerprint density at radius 1 is 0.814 bits per heavy atom. The van der Waals surface area contributed by atoms with Crippen molar-refractivity contribution in [3.63, 3.8) is 0 Å². The Hall–Kier alpha value is -4.63. The summed E-state index contributed by atoms with van der Waals surface area (Å²) in [4.78, 5) is 28.8. The van der Waals surface area contributed by atoms with Crippen molar-refractivity contribution in [1.82, 2.24) is 10.2 Å². The molecule has 224 valence electrons. The van der Waals surface area contributed by atoms with Gasteiger partial charge in [0.15, 0.2) is 0 Å². The lowest BCUT2D eigenvalue weighted by Gasteiger charge is -2.33. The summed E-state index contributed by atoms with van der Waals surface area (Å²) >= 11 is 0. The molecule has 0 aliphatic rings. The molecule has 1 atom stereocenters. The Labute approximate surface area is 254 Å². The average molecular weight is 600 g/mol. The molecule has 2 amide bonds. The highest BCUT2D eigenvalue weighted by molar-refractivity contribution is 7.92. The fraction of sp³-hybridized carbons (Fsp3) is 0.235. The van der Waals surface area contributed by atoms with Gasteiger partial charge >= 0.3 is 0 Å². The number of carbonyl (C=O) groups is 2. The van der Waals surface area contributed by atoms with Crippen molar-refractivity contribution in [1.29, 1.82) is 0 Å². The van der Waals surface area contributed by atoms with E-state index in [1.807, 2.05) is 91.9 Å².